The van der Waals surface area contributed by atoms with E-state index in [1.54, 1.807) is 7.05 Å². The molecule has 11 nitrogen and oxygen atoms in total. The quantitative estimate of drug-likeness (QED) is 0.0760. The number of aliphatic carboxylic acids is 1. The molecule has 6 rings (SSSR count). The molecular weight excluding hydrogens is 1150 g/mol. The van der Waals surface area contributed by atoms with Gasteiger partial charge in [0.05, 0.1) is 43.7 Å². The number of hydrogen-bond donors (Lipinski definition) is 1. The minimum absolute atomic E-state index is 0.00599. The van der Waals surface area contributed by atoms with Crippen LogP contribution in [0.2, 0.25) is 72.5 Å². The van der Waals surface area contributed by atoms with Gasteiger partial charge in [-0.2, -0.15) is 0 Å². The monoisotopic (exact) mass is 1280 g/mol. The van der Waals surface area contributed by atoms with Gasteiger partial charge in [0, 0.05) is 19.9 Å². The van der Waals surface area contributed by atoms with Crippen molar-refractivity contribution >= 4 is 45.1 Å². The number of carboxylic acid groups (broad SMARTS) is 1. The molecule has 0 spiro atoms. The Labute approximate surface area is 535 Å². The second kappa shape index (κ2) is 28.4. The van der Waals surface area contributed by atoms with Crippen molar-refractivity contribution in [3.63, 3.8) is 0 Å². The normalized spacial score (nSPS) is 29.8. The SMILES string of the molecule is C=C1C(=CC=C2CCC[C@]3(C)C([C@H](C)OCC(=O)N(C)OC)=CCC23)C[C@@H](O[Si](C)(C)C(C)(C)C)C[C@@H]1O[Si](C)(C)C(C)(C)C.C=C1C(=CC=C2CCC[C@]3(C)C([C@H](C)OCC(=O)O)=CCC23)C[C@@H](O[Si](C)(C)C(C)(C)C)C[C@@H]1O[Si](C)(C)C(C)(C)C. The van der Waals surface area contributed by atoms with Crippen molar-refractivity contribution in [1.29, 1.82) is 0 Å². The second-order valence-electron chi connectivity index (χ2n) is 33.3. The number of amides is 1. The van der Waals surface area contributed by atoms with Crippen molar-refractivity contribution < 1.29 is 46.7 Å². The molecule has 6 aliphatic rings. The second-order valence-corrected chi connectivity index (χ2v) is 52.4. The number of carbonyl (C=O) groups excluding carboxylic acids is 1. The van der Waals surface area contributed by atoms with E-state index in [0.717, 1.165) is 88.2 Å². The van der Waals surface area contributed by atoms with E-state index in [1.807, 2.05) is 6.92 Å². The molecule has 1 N–H and O–H groups in total. The molecule has 4 saturated carbocycles. The van der Waals surface area contributed by atoms with E-state index in [2.05, 4.69) is 206 Å². The average Bonchev–Trinajstić information content (AvgIpc) is 1.76. The fourth-order valence-corrected chi connectivity index (χ4v) is 18.6. The van der Waals surface area contributed by atoms with Gasteiger partial charge in [-0.05, 0) is 207 Å². The minimum atomic E-state index is -2.01. The van der Waals surface area contributed by atoms with Crippen LogP contribution in [0.4, 0.5) is 0 Å². The van der Waals surface area contributed by atoms with Crippen molar-refractivity contribution in [3.05, 3.63) is 94.2 Å². The van der Waals surface area contributed by atoms with E-state index in [1.165, 1.54) is 45.6 Å². The van der Waals surface area contributed by atoms with Gasteiger partial charge >= 0.3 is 5.97 Å². The van der Waals surface area contributed by atoms with Crippen LogP contribution in [-0.4, -0.2) is 119 Å². The highest BCUT2D eigenvalue weighted by molar-refractivity contribution is 6.75. The molecule has 6 aliphatic carbocycles. The molecule has 15 heteroatoms. The summed E-state index contributed by atoms with van der Waals surface area (Å²) < 4.78 is 39.9. The van der Waals surface area contributed by atoms with Crippen molar-refractivity contribution in [3.8, 4) is 0 Å². The molecule has 0 saturated heterocycles. The van der Waals surface area contributed by atoms with Gasteiger partial charge < -0.3 is 32.3 Å². The lowest BCUT2D eigenvalue weighted by Crippen LogP contribution is -2.49. The van der Waals surface area contributed by atoms with Crippen molar-refractivity contribution in [2.24, 2.45) is 22.7 Å². The summed E-state index contributed by atoms with van der Waals surface area (Å²) in [6, 6.07) is 0. The fraction of sp³-hybridized carbons (Fsp3) is 0.750. The highest BCUT2D eigenvalue weighted by atomic mass is 28.4. The highest BCUT2D eigenvalue weighted by Gasteiger charge is 2.50. The Bertz CT molecular complexity index is 2670. The molecule has 4 fully saturated rings. The Morgan fingerprint density at radius 2 is 0.931 bits per heavy atom. The third kappa shape index (κ3) is 18.0. The van der Waals surface area contributed by atoms with Crippen LogP contribution < -0.4 is 0 Å². The first-order valence-corrected chi connectivity index (χ1v) is 44.8. The Morgan fingerprint density at radius 1 is 0.598 bits per heavy atom. The maximum absolute atomic E-state index is 12.3. The number of hydrogen-bond acceptors (Lipinski definition) is 9. The van der Waals surface area contributed by atoms with Crippen LogP contribution in [0.15, 0.2) is 94.2 Å². The number of fused-ring (bicyclic) bond motifs is 2. The molecule has 494 valence electrons. The summed E-state index contributed by atoms with van der Waals surface area (Å²) in [6.07, 6.45) is 26.3. The first kappa shape index (κ1) is 75.2. The molecule has 87 heavy (non-hydrogen) atoms. The van der Waals surface area contributed by atoms with Crippen LogP contribution in [0.3, 0.4) is 0 Å². The van der Waals surface area contributed by atoms with Crippen LogP contribution >= 0.6 is 0 Å². The first-order chi connectivity index (χ1) is 39.6. The van der Waals surface area contributed by atoms with Crippen molar-refractivity contribution in [2.75, 3.05) is 27.4 Å². The van der Waals surface area contributed by atoms with Gasteiger partial charge in [-0.15, -0.1) is 0 Å². The summed E-state index contributed by atoms with van der Waals surface area (Å²) in [7, 11) is -4.83. The maximum atomic E-state index is 12.3. The predicted octanol–water partition coefficient (Wildman–Crippen LogP) is 19.1. The fourth-order valence-electron chi connectivity index (χ4n) is 13.3. The Hall–Kier alpha value is -2.55. The summed E-state index contributed by atoms with van der Waals surface area (Å²) >= 11 is 0. The Kier molecular flexibility index (Phi) is 24.5. The Balaban J connectivity index is 0.000000318. The zero-order valence-corrected chi connectivity index (χ0v) is 64.0. The van der Waals surface area contributed by atoms with Gasteiger partial charge in [0.25, 0.3) is 5.91 Å². The summed E-state index contributed by atoms with van der Waals surface area (Å²) in [5.74, 6) is -0.237. The number of carbonyl (C=O) groups is 2. The molecule has 0 aromatic heterocycles. The smallest absolute Gasteiger partial charge is 0.329 e. The zero-order chi connectivity index (χ0) is 66.1. The number of nitrogens with zero attached hydrogens (tertiary/aromatic N) is 1. The largest absolute Gasteiger partial charge is 0.480 e. The van der Waals surface area contributed by atoms with Gasteiger partial charge in [-0.1, -0.05) is 158 Å². The van der Waals surface area contributed by atoms with Crippen LogP contribution in [0, 0.1) is 22.7 Å². The van der Waals surface area contributed by atoms with Crippen LogP contribution in [-0.2, 0) is 41.6 Å². The lowest BCUT2D eigenvalue weighted by Gasteiger charge is -2.45. The minimum Gasteiger partial charge on any atom is -0.480 e. The summed E-state index contributed by atoms with van der Waals surface area (Å²) in [4.78, 5) is 28.4. The average molecular weight is 1280 g/mol. The molecular formula is C72H125NO10Si4. The topological polar surface area (TPSA) is 122 Å². The first-order valence-electron chi connectivity index (χ1n) is 33.2. The molecule has 10 atom stereocenters. The molecule has 0 bridgehead atoms. The van der Waals surface area contributed by atoms with E-state index in [9.17, 15) is 9.59 Å². The van der Waals surface area contributed by atoms with Gasteiger partial charge in [0.15, 0.2) is 33.3 Å². The number of ether oxygens (including phenoxy) is 2. The number of hydroxylamine groups is 2. The van der Waals surface area contributed by atoms with E-state index in [4.69, 9.17) is 37.1 Å². The van der Waals surface area contributed by atoms with Gasteiger partial charge in [-0.25, -0.2) is 9.86 Å². The number of rotatable bonds is 19. The molecule has 0 aromatic carbocycles. The van der Waals surface area contributed by atoms with Crippen molar-refractivity contribution in [2.45, 2.75) is 297 Å². The van der Waals surface area contributed by atoms with Gasteiger partial charge in [0.2, 0.25) is 0 Å². The Morgan fingerprint density at radius 3 is 1.25 bits per heavy atom. The van der Waals surface area contributed by atoms with Crippen LogP contribution in [0.5, 0.6) is 0 Å². The molecule has 2 unspecified atom stereocenters. The van der Waals surface area contributed by atoms with Gasteiger partial charge in [0.1, 0.15) is 13.2 Å². The lowest BCUT2D eigenvalue weighted by molar-refractivity contribution is -0.174. The van der Waals surface area contributed by atoms with E-state index in [0.29, 0.717) is 11.8 Å². The standard InChI is InChI=1S/C37H65NO5Si2.C35H60O5Si2/c1-26-29(23-30(42-44(12,13)35(3,4)5)24-33(26)43-45(14,15)36(6,7)8)19-18-28-17-16-22-37(9)31(20-21-32(28)37)27(2)41-25-34(39)38(10)40-11;1-24-27(17-16-26-15-14-20-35(9)29(18-19-30(26)35)25(2)38-23-32(36)37)21-28(39-41(10,11)33(3,4)5)22-31(24)40-42(12,13)34(6,7)8/h18-20,27,30,32-33H,1,16-17,21-25H2,2-15H3;16-18,25,28,30-31H,1,14-15,19-23H2,2-13H3,(H,36,37)/t27-,30+,32?,33-,37+;25-,28+,30?,31-,35+/m00/s1. The summed E-state index contributed by atoms with van der Waals surface area (Å²) in [6.45, 7) is 64.3. The van der Waals surface area contributed by atoms with E-state index in [-0.39, 0.29) is 86.7 Å². The van der Waals surface area contributed by atoms with Crippen LogP contribution in [0.1, 0.15) is 188 Å². The molecule has 0 aliphatic heterocycles. The molecule has 0 heterocycles. The number of likely N-dealkylation sites (N-methyl/N-ethyl adjacent to an activating group) is 1. The third-order valence-electron chi connectivity index (χ3n) is 23.1. The maximum Gasteiger partial charge on any atom is 0.329 e. The number of allylic oxidation sites excluding steroid dienone is 8. The van der Waals surface area contributed by atoms with Gasteiger partial charge in [-0.3, -0.25) is 9.63 Å². The predicted molar refractivity (Wildman–Crippen MR) is 372 cm³/mol. The van der Waals surface area contributed by atoms with E-state index >= 15 is 0 Å². The summed E-state index contributed by atoms with van der Waals surface area (Å²) in [5, 5.41) is 10.9. The number of carboxylic acids is 1. The van der Waals surface area contributed by atoms with E-state index < -0.39 is 39.2 Å². The van der Waals surface area contributed by atoms with Crippen LogP contribution in [0.25, 0.3) is 0 Å². The van der Waals surface area contributed by atoms with Crippen molar-refractivity contribution in [1.82, 2.24) is 5.06 Å². The molecule has 0 aromatic rings. The highest BCUT2D eigenvalue weighted by Crippen LogP contribution is 2.58. The zero-order valence-electron chi connectivity index (χ0n) is 60.0. The summed E-state index contributed by atoms with van der Waals surface area (Å²) in [5.41, 5.74) is 10.4. The lowest BCUT2D eigenvalue weighted by atomic mass is 9.63. The molecule has 1 amide bonds. The molecule has 0 radical (unpaired) electrons. The third-order valence-corrected chi connectivity index (χ3v) is 41.1.